The Morgan fingerprint density at radius 2 is 2.16 bits per heavy atom. The third-order valence-corrected chi connectivity index (χ3v) is 2.62. The molecule has 1 amide bonds. The van der Waals surface area contributed by atoms with Crippen LogP contribution < -0.4 is 10.1 Å². The fourth-order valence-corrected chi connectivity index (χ4v) is 1.62. The van der Waals surface area contributed by atoms with Gasteiger partial charge in [0.05, 0.1) is 7.11 Å². The minimum absolute atomic E-state index is 0.0397. The second kappa shape index (κ2) is 6.72. The van der Waals surface area contributed by atoms with Gasteiger partial charge in [0.15, 0.2) is 0 Å². The molecular weight excluding hydrogens is 253 g/mol. The molecule has 2 N–H and O–H groups in total. The van der Waals surface area contributed by atoms with E-state index in [-0.39, 0.29) is 18.7 Å². The van der Waals surface area contributed by atoms with Crippen LogP contribution in [0.5, 0.6) is 5.75 Å². The summed E-state index contributed by atoms with van der Waals surface area (Å²) in [6.45, 7) is 1.62. The van der Waals surface area contributed by atoms with Crippen LogP contribution in [0.25, 0.3) is 0 Å². The summed E-state index contributed by atoms with van der Waals surface area (Å²) < 4.78 is 18.2. The molecule has 0 heterocycles. The number of halogens is 1. The zero-order valence-electron chi connectivity index (χ0n) is 10.8. The monoisotopic (exact) mass is 269 g/mol. The van der Waals surface area contributed by atoms with E-state index in [1.54, 1.807) is 6.92 Å². The maximum absolute atomic E-state index is 13.2. The number of rotatable bonds is 6. The molecule has 1 atom stereocenters. The van der Waals surface area contributed by atoms with Gasteiger partial charge in [0.2, 0.25) is 5.91 Å². The van der Waals surface area contributed by atoms with Crippen LogP contribution in [0.1, 0.15) is 18.9 Å². The molecule has 1 aromatic rings. The van der Waals surface area contributed by atoms with Crippen LogP contribution in [-0.4, -0.2) is 30.1 Å². The van der Waals surface area contributed by atoms with Gasteiger partial charge in [-0.05, 0) is 23.8 Å². The molecule has 0 aliphatic rings. The van der Waals surface area contributed by atoms with Crippen molar-refractivity contribution in [2.45, 2.75) is 25.8 Å². The number of carbonyl (C=O) groups is 2. The highest BCUT2D eigenvalue weighted by atomic mass is 19.1. The quantitative estimate of drug-likeness (QED) is 0.817. The topological polar surface area (TPSA) is 75.6 Å². The number of benzene rings is 1. The third-order valence-electron chi connectivity index (χ3n) is 2.62. The van der Waals surface area contributed by atoms with Crippen molar-refractivity contribution in [3.8, 4) is 5.75 Å². The predicted molar refractivity (Wildman–Crippen MR) is 66.5 cm³/mol. The Bertz CT molecular complexity index is 476. The van der Waals surface area contributed by atoms with Crippen molar-refractivity contribution in [2.24, 2.45) is 0 Å². The number of nitrogens with one attached hydrogen (secondary N) is 1. The van der Waals surface area contributed by atoms with Crippen LogP contribution in [0, 0.1) is 5.82 Å². The highest BCUT2D eigenvalue weighted by molar-refractivity contribution is 5.83. The molecule has 19 heavy (non-hydrogen) atoms. The first-order valence-electron chi connectivity index (χ1n) is 5.82. The highest BCUT2D eigenvalue weighted by Crippen LogP contribution is 2.21. The van der Waals surface area contributed by atoms with Crippen molar-refractivity contribution < 1.29 is 23.8 Å². The molecule has 1 aromatic carbocycles. The standard InChI is InChI=1S/C13H16FNO4/c1-3-12(16)15-10(13(17)18)7-8-6-9(14)4-5-11(8)19-2/h4-6,10H,3,7H2,1-2H3,(H,15,16)(H,17,18). The Morgan fingerprint density at radius 3 is 2.68 bits per heavy atom. The Labute approximate surface area is 110 Å². The van der Waals surface area contributed by atoms with Crippen LogP contribution in [0.4, 0.5) is 4.39 Å². The number of methoxy groups -OCH3 is 1. The van der Waals surface area contributed by atoms with Gasteiger partial charge in [-0.15, -0.1) is 0 Å². The highest BCUT2D eigenvalue weighted by Gasteiger charge is 2.21. The van der Waals surface area contributed by atoms with Gasteiger partial charge in [-0.3, -0.25) is 4.79 Å². The van der Waals surface area contributed by atoms with Gasteiger partial charge in [0.1, 0.15) is 17.6 Å². The zero-order valence-corrected chi connectivity index (χ0v) is 10.8. The summed E-state index contributed by atoms with van der Waals surface area (Å²) in [5.74, 6) is -1.64. The van der Waals surface area contributed by atoms with Crippen molar-refractivity contribution in [1.29, 1.82) is 0 Å². The van der Waals surface area contributed by atoms with E-state index in [1.165, 1.54) is 25.3 Å². The van der Waals surface area contributed by atoms with E-state index in [1.807, 2.05) is 0 Å². The van der Waals surface area contributed by atoms with Crippen LogP contribution in [0.3, 0.4) is 0 Å². The van der Waals surface area contributed by atoms with Crippen LogP contribution in [0.2, 0.25) is 0 Å². The van der Waals surface area contributed by atoms with Crippen molar-refractivity contribution in [3.63, 3.8) is 0 Å². The molecule has 0 aromatic heterocycles. The number of amides is 1. The first-order valence-corrected chi connectivity index (χ1v) is 5.82. The van der Waals surface area contributed by atoms with Crippen molar-refractivity contribution in [1.82, 2.24) is 5.32 Å². The van der Waals surface area contributed by atoms with E-state index in [2.05, 4.69) is 5.32 Å². The average Bonchev–Trinajstić information content (AvgIpc) is 2.37. The smallest absolute Gasteiger partial charge is 0.326 e. The molecule has 0 radical (unpaired) electrons. The Hall–Kier alpha value is -2.11. The number of carboxylic acid groups (broad SMARTS) is 1. The molecule has 6 heteroatoms. The maximum Gasteiger partial charge on any atom is 0.326 e. The lowest BCUT2D eigenvalue weighted by molar-refractivity contribution is -0.141. The summed E-state index contributed by atoms with van der Waals surface area (Å²) >= 11 is 0. The summed E-state index contributed by atoms with van der Waals surface area (Å²) in [5, 5.41) is 11.4. The molecule has 1 rings (SSSR count). The number of carbonyl (C=O) groups excluding carboxylic acids is 1. The fraction of sp³-hybridized carbons (Fsp3) is 0.385. The van der Waals surface area contributed by atoms with Crippen molar-refractivity contribution in [2.75, 3.05) is 7.11 Å². The predicted octanol–water partition coefficient (Wildman–Crippen LogP) is 1.36. The Balaban J connectivity index is 2.92. The molecule has 0 fully saturated rings. The number of hydrogen-bond acceptors (Lipinski definition) is 3. The number of ether oxygens (including phenoxy) is 1. The first-order chi connectivity index (χ1) is 8.97. The molecule has 0 aliphatic carbocycles. The third kappa shape index (κ3) is 4.24. The molecule has 0 aliphatic heterocycles. The van der Waals surface area contributed by atoms with E-state index in [0.717, 1.165) is 0 Å². The molecule has 5 nitrogen and oxygen atoms in total. The molecule has 1 unspecified atom stereocenters. The lowest BCUT2D eigenvalue weighted by atomic mass is 10.0. The van der Waals surface area contributed by atoms with Crippen LogP contribution >= 0.6 is 0 Å². The largest absolute Gasteiger partial charge is 0.496 e. The van der Waals surface area contributed by atoms with E-state index in [9.17, 15) is 14.0 Å². The molecule has 0 bridgehead atoms. The summed E-state index contributed by atoms with van der Waals surface area (Å²) in [5.41, 5.74) is 0.395. The van der Waals surface area contributed by atoms with Gasteiger partial charge in [0, 0.05) is 12.8 Å². The van der Waals surface area contributed by atoms with Crippen molar-refractivity contribution in [3.05, 3.63) is 29.6 Å². The summed E-state index contributed by atoms with van der Waals surface area (Å²) in [7, 11) is 1.41. The van der Waals surface area contributed by atoms with Crippen LogP contribution in [0.15, 0.2) is 18.2 Å². The minimum Gasteiger partial charge on any atom is -0.496 e. The van der Waals surface area contributed by atoms with Gasteiger partial charge in [0.25, 0.3) is 0 Å². The molecule has 0 saturated heterocycles. The normalized spacial score (nSPS) is 11.7. The van der Waals surface area contributed by atoms with Crippen molar-refractivity contribution >= 4 is 11.9 Å². The lowest BCUT2D eigenvalue weighted by Gasteiger charge is -2.16. The van der Waals surface area contributed by atoms with Gasteiger partial charge >= 0.3 is 5.97 Å². The SMILES string of the molecule is CCC(=O)NC(Cc1cc(F)ccc1OC)C(=O)O. The summed E-state index contributed by atoms with van der Waals surface area (Å²) in [4.78, 5) is 22.3. The van der Waals surface area contributed by atoms with Gasteiger partial charge in [-0.1, -0.05) is 6.92 Å². The van der Waals surface area contributed by atoms with Gasteiger partial charge in [-0.2, -0.15) is 0 Å². The first kappa shape index (κ1) is 14.9. The molecule has 0 spiro atoms. The van der Waals surface area contributed by atoms with E-state index >= 15 is 0 Å². The molecule has 104 valence electrons. The molecule has 0 saturated carbocycles. The van der Waals surface area contributed by atoms with E-state index in [0.29, 0.717) is 11.3 Å². The Kier molecular flexibility index (Phi) is 5.29. The second-order valence-electron chi connectivity index (χ2n) is 3.97. The number of hydrogen-bond donors (Lipinski definition) is 2. The second-order valence-corrected chi connectivity index (χ2v) is 3.97. The summed E-state index contributed by atoms with van der Waals surface area (Å²) in [6.07, 6.45) is 0.145. The minimum atomic E-state index is -1.17. The number of carboxylic acids is 1. The molecular formula is C13H16FNO4. The fourth-order valence-electron chi connectivity index (χ4n) is 1.62. The summed E-state index contributed by atoms with van der Waals surface area (Å²) in [6, 6.07) is 2.74. The van der Waals surface area contributed by atoms with Gasteiger partial charge < -0.3 is 15.2 Å². The average molecular weight is 269 g/mol. The van der Waals surface area contributed by atoms with Crippen LogP contribution in [-0.2, 0) is 16.0 Å². The van der Waals surface area contributed by atoms with E-state index in [4.69, 9.17) is 9.84 Å². The zero-order chi connectivity index (χ0) is 14.4. The lowest BCUT2D eigenvalue weighted by Crippen LogP contribution is -2.42. The van der Waals surface area contributed by atoms with E-state index < -0.39 is 17.8 Å². The maximum atomic E-state index is 13.2. The van der Waals surface area contributed by atoms with Gasteiger partial charge in [-0.25, -0.2) is 9.18 Å². The Morgan fingerprint density at radius 1 is 1.47 bits per heavy atom. The number of aliphatic carboxylic acids is 1.